The standard InChI is InChI=1S/C18H15NO3/c1-12(20)18-17(14-9-5-6-10-15(14)22-18)19-16(21)11-13-7-3-2-4-8-13/h2-10H,11H2,1H3,(H,19,21). The number of nitrogens with one attached hydrogen (secondary N) is 1. The summed E-state index contributed by atoms with van der Waals surface area (Å²) >= 11 is 0. The van der Waals surface area contributed by atoms with Crippen molar-refractivity contribution in [1.82, 2.24) is 0 Å². The highest BCUT2D eigenvalue weighted by Crippen LogP contribution is 2.31. The first-order chi connectivity index (χ1) is 10.6. The highest BCUT2D eigenvalue weighted by atomic mass is 16.3. The number of anilines is 1. The summed E-state index contributed by atoms with van der Waals surface area (Å²) in [6.07, 6.45) is 0.248. The topological polar surface area (TPSA) is 59.3 Å². The fourth-order valence-electron chi connectivity index (χ4n) is 2.38. The molecule has 0 spiro atoms. The summed E-state index contributed by atoms with van der Waals surface area (Å²) in [5.74, 6) is -0.214. The maximum Gasteiger partial charge on any atom is 0.228 e. The molecule has 3 rings (SSSR count). The third-order valence-electron chi connectivity index (χ3n) is 3.39. The summed E-state index contributed by atoms with van der Waals surface area (Å²) in [7, 11) is 0. The Kier molecular flexibility index (Phi) is 3.74. The first kappa shape index (κ1) is 14.1. The molecule has 22 heavy (non-hydrogen) atoms. The Hall–Kier alpha value is -2.88. The van der Waals surface area contributed by atoms with E-state index in [-0.39, 0.29) is 23.9 Å². The van der Waals surface area contributed by atoms with Crippen LogP contribution in [-0.2, 0) is 11.2 Å². The summed E-state index contributed by atoms with van der Waals surface area (Å²) in [5, 5.41) is 3.54. The molecule has 1 amide bonds. The van der Waals surface area contributed by atoms with Gasteiger partial charge in [0.2, 0.25) is 5.91 Å². The minimum atomic E-state index is -0.216. The van der Waals surface area contributed by atoms with E-state index in [9.17, 15) is 9.59 Å². The van der Waals surface area contributed by atoms with Crippen LogP contribution < -0.4 is 5.32 Å². The Labute approximate surface area is 127 Å². The zero-order valence-corrected chi connectivity index (χ0v) is 12.1. The molecule has 0 bridgehead atoms. The molecular formula is C18H15NO3. The van der Waals surface area contributed by atoms with Crippen LogP contribution in [0.1, 0.15) is 23.0 Å². The van der Waals surface area contributed by atoms with Crippen molar-refractivity contribution in [2.75, 3.05) is 5.32 Å². The van der Waals surface area contributed by atoms with Gasteiger partial charge in [-0.3, -0.25) is 9.59 Å². The van der Waals surface area contributed by atoms with Crippen LogP contribution >= 0.6 is 0 Å². The number of hydrogen-bond donors (Lipinski definition) is 1. The van der Waals surface area contributed by atoms with Crippen molar-refractivity contribution < 1.29 is 14.0 Å². The lowest BCUT2D eigenvalue weighted by Crippen LogP contribution is -2.15. The van der Waals surface area contributed by atoms with E-state index in [4.69, 9.17) is 4.42 Å². The zero-order chi connectivity index (χ0) is 15.5. The van der Waals surface area contributed by atoms with Gasteiger partial charge in [-0.15, -0.1) is 0 Å². The first-order valence-electron chi connectivity index (χ1n) is 7.01. The summed E-state index contributed by atoms with van der Waals surface area (Å²) in [6.45, 7) is 1.42. The van der Waals surface area contributed by atoms with Gasteiger partial charge in [-0.2, -0.15) is 0 Å². The molecule has 0 aliphatic carbocycles. The number of rotatable bonds is 4. The summed E-state index contributed by atoms with van der Waals surface area (Å²) in [5.41, 5.74) is 1.95. The van der Waals surface area contributed by atoms with Gasteiger partial charge in [0, 0.05) is 12.3 Å². The molecule has 1 heterocycles. The smallest absolute Gasteiger partial charge is 0.228 e. The summed E-state index contributed by atoms with van der Waals surface area (Å²) in [4.78, 5) is 24.0. The molecule has 110 valence electrons. The average Bonchev–Trinajstić information content (AvgIpc) is 2.87. The van der Waals surface area contributed by atoms with E-state index in [1.165, 1.54) is 6.92 Å². The SMILES string of the molecule is CC(=O)c1oc2ccccc2c1NC(=O)Cc1ccccc1. The van der Waals surface area contributed by atoms with Crippen molar-refractivity contribution in [2.24, 2.45) is 0 Å². The van der Waals surface area contributed by atoms with Crippen LogP contribution in [0.25, 0.3) is 11.0 Å². The normalized spacial score (nSPS) is 10.6. The van der Waals surface area contributed by atoms with Crippen molar-refractivity contribution in [3.63, 3.8) is 0 Å². The van der Waals surface area contributed by atoms with Crippen molar-refractivity contribution >= 4 is 28.3 Å². The number of amides is 1. The van der Waals surface area contributed by atoms with Crippen LogP contribution in [0.2, 0.25) is 0 Å². The number of hydrogen-bond acceptors (Lipinski definition) is 3. The van der Waals surface area contributed by atoms with Gasteiger partial charge < -0.3 is 9.73 Å². The first-order valence-corrected chi connectivity index (χ1v) is 7.01. The van der Waals surface area contributed by atoms with Crippen LogP contribution in [0.3, 0.4) is 0 Å². The molecule has 0 fully saturated rings. The molecule has 1 aromatic heterocycles. The second-order valence-corrected chi connectivity index (χ2v) is 5.07. The summed E-state index contributed by atoms with van der Waals surface area (Å²) < 4.78 is 5.55. The fraction of sp³-hybridized carbons (Fsp3) is 0.111. The molecule has 0 aliphatic rings. The lowest BCUT2D eigenvalue weighted by atomic mass is 10.1. The Bertz CT molecular complexity index is 834. The number of Topliss-reactive ketones (excluding diaryl/α,β-unsaturated/α-hetero) is 1. The number of furan rings is 1. The molecule has 0 atom stereocenters. The molecule has 0 radical (unpaired) electrons. The minimum absolute atomic E-state index is 0.180. The van der Waals surface area contributed by atoms with E-state index >= 15 is 0 Å². The number of carbonyl (C=O) groups excluding carboxylic acids is 2. The minimum Gasteiger partial charge on any atom is -0.451 e. The largest absolute Gasteiger partial charge is 0.451 e. The Morgan fingerprint density at radius 2 is 1.68 bits per heavy atom. The van der Waals surface area contributed by atoms with Crippen molar-refractivity contribution in [1.29, 1.82) is 0 Å². The van der Waals surface area contributed by atoms with E-state index in [1.54, 1.807) is 6.07 Å². The predicted octanol–water partition coefficient (Wildman–Crippen LogP) is 3.82. The van der Waals surface area contributed by atoms with Gasteiger partial charge in [-0.1, -0.05) is 42.5 Å². The molecule has 0 unspecified atom stereocenters. The van der Waals surface area contributed by atoms with Crippen LogP contribution in [-0.4, -0.2) is 11.7 Å². The van der Waals surface area contributed by atoms with Crippen LogP contribution in [0.4, 0.5) is 5.69 Å². The molecule has 3 aromatic rings. The molecule has 0 aliphatic heterocycles. The highest BCUT2D eigenvalue weighted by molar-refractivity contribution is 6.11. The van der Waals surface area contributed by atoms with E-state index in [0.717, 1.165) is 10.9 Å². The van der Waals surface area contributed by atoms with Gasteiger partial charge in [0.25, 0.3) is 0 Å². The number of fused-ring (bicyclic) bond motifs is 1. The highest BCUT2D eigenvalue weighted by Gasteiger charge is 2.19. The molecule has 1 N–H and O–H groups in total. The van der Waals surface area contributed by atoms with Gasteiger partial charge in [-0.25, -0.2) is 0 Å². The van der Waals surface area contributed by atoms with Gasteiger partial charge in [0.05, 0.1) is 12.1 Å². The number of carbonyl (C=O) groups is 2. The van der Waals surface area contributed by atoms with Crippen molar-refractivity contribution in [2.45, 2.75) is 13.3 Å². The molecular weight excluding hydrogens is 278 g/mol. The Morgan fingerprint density at radius 3 is 2.41 bits per heavy atom. The van der Waals surface area contributed by atoms with Gasteiger partial charge in [0.1, 0.15) is 5.58 Å². The van der Waals surface area contributed by atoms with Gasteiger partial charge in [-0.05, 0) is 17.7 Å². The monoisotopic (exact) mass is 293 g/mol. The quantitative estimate of drug-likeness (QED) is 0.744. The number of benzene rings is 2. The molecule has 4 heteroatoms. The van der Waals surface area contributed by atoms with E-state index < -0.39 is 0 Å². The lowest BCUT2D eigenvalue weighted by molar-refractivity contribution is -0.115. The van der Waals surface area contributed by atoms with Crippen LogP contribution in [0, 0.1) is 0 Å². The maximum atomic E-state index is 12.2. The van der Waals surface area contributed by atoms with E-state index in [1.807, 2.05) is 48.5 Å². The number of ketones is 1. The fourth-order valence-corrected chi connectivity index (χ4v) is 2.38. The molecule has 0 saturated carbocycles. The zero-order valence-electron chi connectivity index (χ0n) is 12.1. The Morgan fingerprint density at radius 1 is 1.00 bits per heavy atom. The van der Waals surface area contributed by atoms with Crippen LogP contribution in [0.5, 0.6) is 0 Å². The van der Waals surface area contributed by atoms with Gasteiger partial charge in [0.15, 0.2) is 11.5 Å². The van der Waals surface area contributed by atoms with Crippen molar-refractivity contribution in [3.05, 3.63) is 65.9 Å². The van der Waals surface area contributed by atoms with Gasteiger partial charge >= 0.3 is 0 Å². The lowest BCUT2D eigenvalue weighted by Gasteiger charge is -2.05. The Balaban J connectivity index is 1.91. The third kappa shape index (κ3) is 2.76. The third-order valence-corrected chi connectivity index (χ3v) is 3.39. The second kappa shape index (κ2) is 5.85. The van der Waals surface area contributed by atoms with E-state index in [2.05, 4.69) is 5.32 Å². The molecule has 0 saturated heterocycles. The average molecular weight is 293 g/mol. The van der Waals surface area contributed by atoms with Crippen LogP contribution in [0.15, 0.2) is 59.0 Å². The second-order valence-electron chi connectivity index (χ2n) is 5.07. The maximum absolute atomic E-state index is 12.2. The molecule has 4 nitrogen and oxygen atoms in total. The van der Waals surface area contributed by atoms with Crippen molar-refractivity contribution in [3.8, 4) is 0 Å². The summed E-state index contributed by atoms with van der Waals surface area (Å²) in [6, 6.07) is 16.7. The number of para-hydroxylation sites is 1. The van der Waals surface area contributed by atoms with E-state index in [0.29, 0.717) is 11.3 Å². The predicted molar refractivity (Wildman–Crippen MR) is 85.0 cm³/mol. The molecule has 2 aromatic carbocycles.